The van der Waals surface area contributed by atoms with Crippen molar-refractivity contribution >= 4 is 50.0 Å². The lowest BCUT2D eigenvalue weighted by Crippen LogP contribution is -2.33. The van der Waals surface area contributed by atoms with E-state index in [0.717, 1.165) is 27.6 Å². The number of hydrogen-bond donors (Lipinski definition) is 0. The zero-order chi connectivity index (χ0) is 32.8. The Kier molecular flexibility index (Phi) is 5.81. The van der Waals surface area contributed by atoms with E-state index in [9.17, 15) is 0 Å². The van der Waals surface area contributed by atoms with Gasteiger partial charge in [-0.05, 0) is 63.7 Å². The minimum atomic E-state index is -0.499. The molecule has 0 amide bonds. The van der Waals surface area contributed by atoms with Crippen molar-refractivity contribution in [2.75, 3.05) is 5.01 Å². The smallest absolute Gasteiger partial charge is 0.129 e. The second-order valence-corrected chi connectivity index (χ2v) is 14.0. The SMILES string of the molecule is C1=C(c2ccc3c(c2)C2(c4ccccc4-3)c3ccccc3-n3c4ccccc4c4cccc2c43)N(c2ccccc2)N=C(c2ccccc2)S1. The van der Waals surface area contributed by atoms with Gasteiger partial charge in [0.2, 0.25) is 0 Å². The maximum atomic E-state index is 5.28. The van der Waals surface area contributed by atoms with Gasteiger partial charge in [-0.25, -0.2) is 5.01 Å². The van der Waals surface area contributed by atoms with Crippen LogP contribution in [0.3, 0.4) is 0 Å². The molecule has 0 radical (unpaired) electrons. The molecule has 1 atom stereocenters. The molecular formula is C46H29N3S. The van der Waals surface area contributed by atoms with E-state index in [4.69, 9.17) is 5.10 Å². The Bertz CT molecular complexity index is 2740. The number of hydrazone groups is 1. The van der Waals surface area contributed by atoms with Crippen molar-refractivity contribution in [3.63, 3.8) is 0 Å². The molecule has 11 rings (SSSR count). The van der Waals surface area contributed by atoms with Gasteiger partial charge in [-0.2, -0.15) is 5.10 Å². The van der Waals surface area contributed by atoms with E-state index < -0.39 is 5.41 Å². The number of benzene rings is 7. The predicted molar refractivity (Wildman–Crippen MR) is 209 cm³/mol. The molecule has 234 valence electrons. The summed E-state index contributed by atoms with van der Waals surface area (Å²) in [4.78, 5) is 0. The zero-order valence-electron chi connectivity index (χ0n) is 27.0. The van der Waals surface area contributed by atoms with Gasteiger partial charge in [0.25, 0.3) is 0 Å². The van der Waals surface area contributed by atoms with Gasteiger partial charge < -0.3 is 4.57 Å². The Morgan fingerprint density at radius 1 is 0.500 bits per heavy atom. The lowest BCUT2D eigenvalue weighted by atomic mass is 9.65. The van der Waals surface area contributed by atoms with Crippen molar-refractivity contribution in [2.45, 2.75) is 5.41 Å². The Morgan fingerprint density at radius 2 is 1.18 bits per heavy atom. The molecule has 7 aromatic carbocycles. The van der Waals surface area contributed by atoms with Crippen LogP contribution in [0.15, 0.2) is 180 Å². The van der Waals surface area contributed by atoms with E-state index in [2.05, 4.69) is 185 Å². The zero-order valence-corrected chi connectivity index (χ0v) is 27.8. The molecule has 0 N–H and O–H groups in total. The first-order valence-corrected chi connectivity index (χ1v) is 17.9. The highest BCUT2D eigenvalue weighted by Crippen LogP contribution is 2.61. The monoisotopic (exact) mass is 655 g/mol. The fourth-order valence-electron chi connectivity index (χ4n) is 8.71. The second-order valence-electron chi connectivity index (χ2n) is 13.2. The van der Waals surface area contributed by atoms with Gasteiger partial charge >= 0.3 is 0 Å². The minimum absolute atomic E-state index is 0.499. The van der Waals surface area contributed by atoms with Crippen LogP contribution in [0.5, 0.6) is 0 Å². The van der Waals surface area contributed by atoms with Crippen molar-refractivity contribution < 1.29 is 0 Å². The maximum absolute atomic E-state index is 5.28. The van der Waals surface area contributed by atoms with Crippen LogP contribution in [-0.4, -0.2) is 9.61 Å². The third kappa shape index (κ3) is 3.63. The van der Waals surface area contributed by atoms with Crippen LogP contribution in [0, 0.1) is 0 Å². The van der Waals surface area contributed by atoms with E-state index >= 15 is 0 Å². The summed E-state index contributed by atoms with van der Waals surface area (Å²) in [6.07, 6.45) is 0. The van der Waals surface area contributed by atoms with E-state index in [1.165, 1.54) is 60.9 Å². The number of rotatable bonds is 3. The lowest BCUT2D eigenvalue weighted by Gasteiger charge is -2.39. The molecular weight excluding hydrogens is 627 g/mol. The molecule has 3 heterocycles. The molecule has 4 heteroatoms. The van der Waals surface area contributed by atoms with Crippen molar-refractivity contribution in [3.8, 4) is 16.8 Å². The molecule has 3 aliphatic rings. The molecule has 1 unspecified atom stereocenters. The molecule has 1 aliphatic carbocycles. The van der Waals surface area contributed by atoms with Gasteiger partial charge in [0, 0.05) is 27.3 Å². The maximum Gasteiger partial charge on any atom is 0.129 e. The van der Waals surface area contributed by atoms with Gasteiger partial charge in [-0.1, -0.05) is 151 Å². The number of nitrogens with zero attached hydrogens (tertiary/aromatic N) is 3. The number of hydrogen-bond acceptors (Lipinski definition) is 3. The topological polar surface area (TPSA) is 20.5 Å². The average Bonchev–Trinajstić information content (AvgIpc) is 3.69. The highest BCUT2D eigenvalue weighted by Gasteiger charge is 2.51. The second kappa shape index (κ2) is 10.4. The van der Waals surface area contributed by atoms with Gasteiger partial charge in [-0.3, -0.25) is 0 Å². The summed E-state index contributed by atoms with van der Waals surface area (Å²) in [5, 5.41) is 13.2. The molecule has 0 saturated carbocycles. The Balaban J connectivity index is 1.20. The molecule has 8 aromatic rings. The Morgan fingerprint density at radius 3 is 2.06 bits per heavy atom. The quantitative estimate of drug-likeness (QED) is 0.189. The van der Waals surface area contributed by atoms with Crippen LogP contribution >= 0.6 is 11.8 Å². The summed E-state index contributed by atoms with van der Waals surface area (Å²) in [6, 6.07) is 61.9. The summed E-state index contributed by atoms with van der Waals surface area (Å²) < 4.78 is 2.50. The van der Waals surface area contributed by atoms with E-state index in [1.807, 2.05) is 0 Å². The van der Waals surface area contributed by atoms with Crippen LogP contribution in [0.1, 0.15) is 33.4 Å². The van der Waals surface area contributed by atoms with Crippen molar-refractivity contribution in [3.05, 3.63) is 209 Å². The molecule has 50 heavy (non-hydrogen) atoms. The first-order valence-electron chi connectivity index (χ1n) is 17.1. The van der Waals surface area contributed by atoms with Gasteiger partial charge in [0.1, 0.15) is 5.04 Å². The Hall–Kier alpha value is -6.10. The molecule has 0 saturated heterocycles. The summed E-state index contributed by atoms with van der Waals surface area (Å²) in [6.45, 7) is 0. The summed E-state index contributed by atoms with van der Waals surface area (Å²) >= 11 is 1.69. The molecule has 3 nitrogen and oxygen atoms in total. The van der Waals surface area contributed by atoms with Crippen molar-refractivity contribution in [1.82, 2.24) is 4.57 Å². The molecule has 1 spiro atoms. The fourth-order valence-corrected chi connectivity index (χ4v) is 9.57. The number of thioether (sulfide) groups is 1. The van der Waals surface area contributed by atoms with Gasteiger partial charge in [-0.15, -0.1) is 0 Å². The first-order chi connectivity index (χ1) is 24.8. The summed E-state index contributed by atoms with van der Waals surface area (Å²) in [7, 11) is 0. The van der Waals surface area contributed by atoms with Crippen LogP contribution < -0.4 is 5.01 Å². The molecule has 0 fully saturated rings. The van der Waals surface area contributed by atoms with Gasteiger partial charge in [0.15, 0.2) is 0 Å². The average molecular weight is 656 g/mol. The lowest BCUT2D eigenvalue weighted by molar-refractivity contribution is 0.748. The van der Waals surface area contributed by atoms with Crippen LogP contribution in [0.2, 0.25) is 0 Å². The van der Waals surface area contributed by atoms with Crippen LogP contribution in [0.25, 0.3) is 44.3 Å². The first kappa shape index (κ1) is 27.8. The number of anilines is 1. The fraction of sp³-hybridized carbons (Fsp3) is 0.0217. The van der Waals surface area contributed by atoms with Crippen molar-refractivity contribution in [2.24, 2.45) is 5.10 Å². The van der Waals surface area contributed by atoms with Gasteiger partial charge in [0.05, 0.1) is 33.5 Å². The largest absolute Gasteiger partial charge is 0.309 e. The molecule has 0 bridgehead atoms. The normalized spacial score (nSPS) is 17.0. The predicted octanol–water partition coefficient (Wildman–Crippen LogP) is 11.4. The van der Waals surface area contributed by atoms with E-state index in [-0.39, 0.29) is 0 Å². The van der Waals surface area contributed by atoms with E-state index in [0.29, 0.717) is 0 Å². The summed E-state index contributed by atoms with van der Waals surface area (Å²) in [5.41, 5.74) is 15.5. The highest BCUT2D eigenvalue weighted by atomic mass is 32.2. The van der Waals surface area contributed by atoms with E-state index in [1.54, 1.807) is 11.8 Å². The third-order valence-electron chi connectivity index (χ3n) is 10.7. The molecule has 1 aromatic heterocycles. The summed E-state index contributed by atoms with van der Waals surface area (Å²) in [5.74, 6) is 0. The number of para-hydroxylation sites is 4. The minimum Gasteiger partial charge on any atom is -0.309 e. The number of fused-ring (bicyclic) bond motifs is 12. The Labute approximate surface area is 294 Å². The standard InChI is InChI=1S/C46H29N3S/c1-3-14-30(15-4-1)45-47-49(32-16-5-2-6-17-32)43(29-50-45)31-26-27-34-33-18-7-9-21-37(33)46(40(34)28-31)38-22-10-12-25-42(38)48-41-24-11-8-19-35(41)36-20-13-23-39(46)44(36)48/h1-29H. The number of aromatic nitrogens is 1. The van der Waals surface area contributed by atoms with Crippen LogP contribution in [-0.2, 0) is 5.41 Å². The van der Waals surface area contributed by atoms with Crippen LogP contribution in [0.4, 0.5) is 5.69 Å². The third-order valence-corrected chi connectivity index (χ3v) is 11.6. The highest BCUT2D eigenvalue weighted by molar-refractivity contribution is 8.17. The van der Waals surface area contributed by atoms with Crippen molar-refractivity contribution in [1.29, 1.82) is 0 Å². The molecule has 2 aliphatic heterocycles.